The molecule has 118 valence electrons. The second-order valence-corrected chi connectivity index (χ2v) is 5.09. The number of alkyl halides is 3. The quantitative estimate of drug-likeness (QED) is 0.939. The van der Waals surface area contributed by atoms with E-state index in [1.165, 1.54) is 6.07 Å². The third kappa shape index (κ3) is 3.44. The van der Waals surface area contributed by atoms with Crippen molar-refractivity contribution in [2.24, 2.45) is 5.92 Å². The number of halogens is 3. The summed E-state index contributed by atoms with van der Waals surface area (Å²) >= 11 is 0. The molecular weight excluding hydrogens is 299 g/mol. The van der Waals surface area contributed by atoms with Crippen LogP contribution < -0.4 is 5.32 Å². The maximum Gasteiger partial charge on any atom is 0.471 e. The molecule has 0 aliphatic carbocycles. The van der Waals surface area contributed by atoms with Gasteiger partial charge in [-0.2, -0.15) is 18.2 Å². The Morgan fingerprint density at radius 3 is 2.50 bits per heavy atom. The molecule has 0 unspecified atom stereocenters. The molecule has 0 saturated heterocycles. The number of carbonyl (C=O) groups is 1. The van der Waals surface area contributed by atoms with Crippen molar-refractivity contribution in [1.82, 2.24) is 10.1 Å². The van der Waals surface area contributed by atoms with Crippen molar-refractivity contribution in [3.8, 4) is 11.4 Å². The number of aryl methyl sites for hydroxylation is 1. The minimum atomic E-state index is -4.68. The molecule has 5 nitrogen and oxygen atoms in total. The average Bonchev–Trinajstić information content (AvgIpc) is 2.90. The topological polar surface area (TPSA) is 68.0 Å². The molecular formula is C14H14F3N3O2. The van der Waals surface area contributed by atoms with Crippen LogP contribution in [0, 0.1) is 12.8 Å². The molecule has 0 saturated carbocycles. The molecule has 22 heavy (non-hydrogen) atoms. The highest BCUT2D eigenvalue weighted by Crippen LogP contribution is 2.30. The highest BCUT2D eigenvalue weighted by molar-refractivity contribution is 5.93. The first kappa shape index (κ1) is 16.0. The number of amides is 1. The van der Waals surface area contributed by atoms with Crippen LogP contribution in [0.2, 0.25) is 0 Å². The third-order valence-corrected chi connectivity index (χ3v) is 2.94. The molecule has 2 aromatic rings. The van der Waals surface area contributed by atoms with E-state index < -0.39 is 12.1 Å². The molecule has 1 N–H and O–H groups in total. The van der Waals surface area contributed by atoms with E-state index >= 15 is 0 Å². The number of carbonyl (C=O) groups excluding carboxylic acids is 1. The zero-order valence-electron chi connectivity index (χ0n) is 12.2. The van der Waals surface area contributed by atoms with Gasteiger partial charge in [-0.25, -0.2) is 0 Å². The van der Waals surface area contributed by atoms with Crippen LogP contribution in [0.5, 0.6) is 0 Å². The van der Waals surface area contributed by atoms with Crippen LogP contribution >= 0.6 is 0 Å². The summed E-state index contributed by atoms with van der Waals surface area (Å²) in [6.07, 6.45) is -4.68. The van der Waals surface area contributed by atoms with Gasteiger partial charge in [0, 0.05) is 17.2 Å². The van der Waals surface area contributed by atoms with Crippen LogP contribution in [0.25, 0.3) is 11.4 Å². The van der Waals surface area contributed by atoms with Crippen LogP contribution in [0.1, 0.15) is 25.3 Å². The fourth-order valence-electron chi connectivity index (χ4n) is 1.68. The Bertz CT molecular complexity index is 693. The summed E-state index contributed by atoms with van der Waals surface area (Å²) < 4.78 is 41.5. The largest absolute Gasteiger partial charge is 0.471 e. The standard InChI is InChI=1S/C14H14F3N3O2/c1-7(2)12(21)18-10-5-4-9(6-8(10)3)11-19-13(22-20-11)14(15,16)17/h4-7H,1-3H3,(H,18,21). The molecule has 0 bridgehead atoms. The van der Waals surface area contributed by atoms with Gasteiger partial charge >= 0.3 is 12.1 Å². The van der Waals surface area contributed by atoms with Gasteiger partial charge in [0.25, 0.3) is 0 Å². The van der Waals surface area contributed by atoms with E-state index in [9.17, 15) is 18.0 Å². The van der Waals surface area contributed by atoms with Gasteiger partial charge in [0.15, 0.2) is 0 Å². The summed E-state index contributed by atoms with van der Waals surface area (Å²) in [5, 5.41) is 6.05. The van der Waals surface area contributed by atoms with Gasteiger partial charge in [-0.05, 0) is 30.7 Å². The zero-order valence-corrected chi connectivity index (χ0v) is 12.2. The Balaban J connectivity index is 2.26. The van der Waals surface area contributed by atoms with Gasteiger partial charge in [0.05, 0.1) is 0 Å². The minimum Gasteiger partial charge on any atom is -0.329 e. The average molecular weight is 313 g/mol. The van der Waals surface area contributed by atoms with Crippen molar-refractivity contribution in [1.29, 1.82) is 0 Å². The number of rotatable bonds is 3. The van der Waals surface area contributed by atoms with Crippen LogP contribution in [0.15, 0.2) is 22.7 Å². The summed E-state index contributed by atoms with van der Waals surface area (Å²) in [6, 6.07) is 4.70. The van der Waals surface area contributed by atoms with Crippen molar-refractivity contribution in [3.63, 3.8) is 0 Å². The number of hydrogen-bond donors (Lipinski definition) is 1. The van der Waals surface area contributed by atoms with Crippen LogP contribution in [-0.2, 0) is 11.0 Å². The summed E-state index contributed by atoms with van der Waals surface area (Å²) in [6.45, 7) is 5.25. The molecule has 1 heterocycles. The van der Waals surface area contributed by atoms with E-state index in [0.29, 0.717) is 16.8 Å². The second kappa shape index (κ2) is 5.78. The summed E-state index contributed by atoms with van der Waals surface area (Å²) in [5.41, 5.74) is 1.64. The van der Waals surface area contributed by atoms with E-state index in [2.05, 4.69) is 20.0 Å². The first-order valence-corrected chi connectivity index (χ1v) is 6.51. The SMILES string of the molecule is Cc1cc(-c2noc(C(F)(F)F)n2)ccc1NC(=O)C(C)C. The first-order valence-electron chi connectivity index (χ1n) is 6.51. The Morgan fingerprint density at radius 2 is 2.00 bits per heavy atom. The van der Waals surface area contributed by atoms with Crippen molar-refractivity contribution in [2.45, 2.75) is 26.9 Å². The number of nitrogens with zero attached hydrogens (tertiary/aromatic N) is 2. The summed E-state index contributed by atoms with van der Waals surface area (Å²) in [7, 11) is 0. The van der Waals surface area contributed by atoms with E-state index in [1.807, 2.05) is 0 Å². The van der Waals surface area contributed by atoms with E-state index in [1.54, 1.807) is 32.9 Å². The fraction of sp³-hybridized carbons (Fsp3) is 0.357. The molecule has 8 heteroatoms. The Kier molecular flexibility index (Phi) is 4.20. The Hall–Kier alpha value is -2.38. The van der Waals surface area contributed by atoms with Crippen molar-refractivity contribution >= 4 is 11.6 Å². The van der Waals surface area contributed by atoms with Gasteiger partial charge in [-0.1, -0.05) is 19.0 Å². The fourth-order valence-corrected chi connectivity index (χ4v) is 1.68. The first-order chi connectivity index (χ1) is 10.2. The van der Waals surface area contributed by atoms with Crippen molar-refractivity contribution in [3.05, 3.63) is 29.7 Å². The molecule has 2 rings (SSSR count). The molecule has 1 aromatic heterocycles. The predicted octanol–water partition coefficient (Wildman–Crippen LogP) is 3.66. The van der Waals surface area contributed by atoms with Gasteiger partial charge in [0.2, 0.25) is 11.7 Å². The van der Waals surface area contributed by atoms with Gasteiger partial charge in [0.1, 0.15) is 0 Å². The predicted molar refractivity (Wildman–Crippen MR) is 72.9 cm³/mol. The van der Waals surface area contributed by atoms with Gasteiger partial charge in [-0.3, -0.25) is 4.79 Å². The molecule has 0 aliphatic rings. The van der Waals surface area contributed by atoms with Crippen molar-refractivity contribution < 1.29 is 22.5 Å². The van der Waals surface area contributed by atoms with E-state index in [-0.39, 0.29) is 17.6 Å². The number of anilines is 1. The van der Waals surface area contributed by atoms with Gasteiger partial charge < -0.3 is 9.84 Å². The maximum absolute atomic E-state index is 12.4. The normalized spacial score (nSPS) is 11.8. The molecule has 0 fully saturated rings. The smallest absolute Gasteiger partial charge is 0.329 e. The second-order valence-electron chi connectivity index (χ2n) is 5.09. The molecule has 0 atom stereocenters. The number of aromatic nitrogens is 2. The van der Waals surface area contributed by atoms with Gasteiger partial charge in [-0.15, -0.1) is 0 Å². The summed E-state index contributed by atoms with van der Waals surface area (Å²) in [4.78, 5) is 15.0. The Morgan fingerprint density at radius 1 is 1.32 bits per heavy atom. The number of benzene rings is 1. The molecule has 1 aromatic carbocycles. The minimum absolute atomic E-state index is 0.144. The van der Waals surface area contributed by atoms with Crippen LogP contribution in [0.4, 0.5) is 18.9 Å². The third-order valence-electron chi connectivity index (χ3n) is 2.94. The summed E-state index contributed by atoms with van der Waals surface area (Å²) in [5.74, 6) is -1.87. The number of nitrogens with one attached hydrogen (secondary N) is 1. The lowest BCUT2D eigenvalue weighted by atomic mass is 10.1. The molecule has 0 spiro atoms. The lowest BCUT2D eigenvalue weighted by Gasteiger charge is -2.11. The van der Waals surface area contributed by atoms with Crippen LogP contribution in [0.3, 0.4) is 0 Å². The molecule has 1 amide bonds. The lowest BCUT2D eigenvalue weighted by molar-refractivity contribution is -0.159. The molecule has 0 aliphatic heterocycles. The van der Waals surface area contributed by atoms with E-state index in [0.717, 1.165) is 0 Å². The maximum atomic E-state index is 12.4. The van der Waals surface area contributed by atoms with E-state index in [4.69, 9.17) is 0 Å². The number of hydrogen-bond acceptors (Lipinski definition) is 4. The highest BCUT2D eigenvalue weighted by Gasteiger charge is 2.38. The highest BCUT2D eigenvalue weighted by atomic mass is 19.4. The van der Waals surface area contributed by atoms with Crippen LogP contribution in [-0.4, -0.2) is 16.0 Å². The monoisotopic (exact) mass is 313 g/mol. The Labute approximate surface area is 124 Å². The zero-order chi connectivity index (χ0) is 16.5. The van der Waals surface area contributed by atoms with Crippen molar-refractivity contribution in [2.75, 3.05) is 5.32 Å². The lowest BCUT2D eigenvalue weighted by Crippen LogP contribution is -2.18. The molecule has 0 radical (unpaired) electrons.